The monoisotopic (exact) mass is 273 g/mol. The Balaban J connectivity index is 2.11. The van der Waals surface area contributed by atoms with E-state index in [0.717, 1.165) is 18.8 Å². The van der Waals surface area contributed by atoms with Gasteiger partial charge in [0.15, 0.2) is 0 Å². The van der Waals surface area contributed by atoms with Crippen LogP contribution in [0, 0.1) is 0 Å². The number of aromatic nitrogens is 2. The third-order valence-electron chi connectivity index (χ3n) is 3.37. The maximum absolute atomic E-state index is 5.10. The summed E-state index contributed by atoms with van der Waals surface area (Å²) in [6.45, 7) is 4.29. The number of pyridine rings is 1. The molecular weight excluding hydrogens is 250 g/mol. The highest BCUT2D eigenvalue weighted by molar-refractivity contribution is 5.34. The van der Waals surface area contributed by atoms with E-state index in [9.17, 15) is 0 Å². The number of rotatable bonds is 7. The zero-order valence-electron chi connectivity index (χ0n) is 12.5. The van der Waals surface area contributed by atoms with Crippen LogP contribution in [-0.4, -0.2) is 35.2 Å². The second-order valence-corrected chi connectivity index (χ2v) is 5.02. The second-order valence-electron chi connectivity index (χ2n) is 5.02. The number of ether oxygens (including phenoxy) is 1. The van der Waals surface area contributed by atoms with Crippen molar-refractivity contribution in [1.82, 2.24) is 14.5 Å². The smallest absolute Gasteiger partial charge is 0.213 e. The lowest BCUT2D eigenvalue weighted by Gasteiger charge is -2.18. The summed E-state index contributed by atoms with van der Waals surface area (Å²) >= 11 is 0. The van der Waals surface area contributed by atoms with Gasteiger partial charge in [-0.15, -0.1) is 0 Å². The summed E-state index contributed by atoms with van der Waals surface area (Å²) in [4.78, 5) is 6.62. The minimum absolute atomic E-state index is 0.641. The molecule has 4 heteroatoms. The first-order chi connectivity index (χ1) is 9.74. The zero-order valence-corrected chi connectivity index (χ0v) is 12.5. The predicted octanol–water partition coefficient (Wildman–Crippen LogP) is 3.11. The average molecular weight is 273 g/mol. The van der Waals surface area contributed by atoms with Crippen LogP contribution in [-0.2, 0) is 6.54 Å². The van der Waals surface area contributed by atoms with Crippen molar-refractivity contribution in [2.24, 2.45) is 0 Å². The Morgan fingerprint density at radius 2 is 2.15 bits per heavy atom. The Hall–Kier alpha value is -1.81. The van der Waals surface area contributed by atoms with Gasteiger partial charge >= 0.3 is 0 Å². The van der Waals surface area contributed by atoms with E-state index in [1.165, 1.54) is 18.5 Å². The molecule has 0 amide bonds. The molecule has 0 aliphatic heterocycles. The van der Waals surface area contributed by atoms with E-state index in [0.29, 0.717) is 5.88 Å². The topological polar surface area (TPSA) is 30.3 Å². The molecule has 2 aromatic rings. The van der Waals surface area contributed by atoms with Crippen molar-refractivity contribution in [2.45, 2.75) is 26.3 Å². The van der Waals surface area contributed by atoms with Gasteiger partial charge in [0.1, 0.15) is 0 Å². The summed E-state index contributed by atoms with van der Waals surface area (Å²) in [5.74, 6) is 0.641. The van der Waals surface area contributed by atoms with E-state index < -0.39 is 0 Å². The lowest BCUT2D eigenvalue weighted by atomic mass is 10.3. The minimum Gasteiger partial charge on any atom is -0.481 e. The molecule has 0 atom stereocenters. The lowest BCUT2D eigenvalue weighted by molar-refractivity contribution is 0.315. The third kappa shape index (κ3) is 3.61. The van der Waals surface area contributed by atoms with E-state index in [-0.39, 0.29) is 0 Å². The molecule has 20 heavy (non-hydrogen) atoms. The largest absolute Gasteiger partial charge is 0.481 e. The fourth-order valence-corrected chi connectivity index (χ4v) is 2.22. The van der Waals surface area contributed by atoms with Crippen LogP contribution in [0.3, 0.4) is 0 Å². The first-order valence-electron chi connectivity index (χ1n) is 7.09. The average Bonchev–Trinajstić information content (AvgIpc) is 2.93. The second kappa shape index (κ2) is 7.10. The van der Waals surface area contributed by atoms with Crippen LogP contribution < -0.4 is 4.74 Å². The Morgan fingerprint density at radius 1 is 1.30 bits per heavy atom. The maximum atomic E-state index is 5.10. The molecule has 0 fully saturated rings. The van der Waals surface area contributed by atoms with Crippen molar-refractivity contribution in [3.8, 4) is 11.6 Å². The molecular formula is C16H23N3O. The van der Waals surface area contributed by atoms with Crippen molar-refractivity contribution in [3.63, 3.8) is 0 Å². The molecule has 0 aliphatic rings. The zero-order chi connectivity index (χ0) is 14.4. The molecule has 4 nitrogen and oxygen atoms in total. The van der Waals surface area contributed by atoms with E-state index >= 15 is 0 Å². The Kier molecular flexibility index (Phi) is 5.18. The van der Waals surface area contributed by atoms with Crippen LogP contribution in [0.25, 0.3) is 5.69 Å². The van der Waals surface area contributed by atoms with Gasteiger partial charge in [-0.1, -0.05) is 13.3 Å². The van der Waals surface area contributed by atoms with Gasteiger partial charge in [-0.05, 0) is 38.2 Å². The fourth-order valence-electron chi connectivity index (χ4n) is 2.22. The minimum atomic E-state index is 0.641. The van der Waals surface area contributed by atoms with Gasteiger partial charge in [-0.3, -0.25) is 0 Å². The van der Waals surface area contributed by atoms with Crippen LogP contribution in [0.4, 0.5) is 0 Å². The van der Waals surface area contributed by atoms with Crippen LogP contribution in [0.5, 0.6) is 5.88 Å². The number of hydrogen-bond donors (Lipinski definition) is 0. The molecule has 0 bridgehead atoms. The summed E-state index contributed by atoms with van der Waals surface area (Å²) in [7, 11) is 3.80. The Morgan fingerprint density at radius 3 is 2.80 bits per heavy atom. The molecule has 2 rings (SSSR count). The van der Waals surface area contributed by atoms with Crippen molar-refractivity contribution < 1.29 is 4.74 Å². The van der Waals surface area contributed by atoms with Crippen molar-refractivity contribution >= 4 is 0 Å². The molecule has 2 heterocycles. The lowest BCUT2D eigenvalue weighted by Crippen LogP contribution is -2.20. The summed E-state index contributed by atoms with van der Waals surface area (Å²) < 4.78 is 7.27. The first-order valence-corrected chi connectivity index (χ1v) is 7.09. The van der Waals surface area contributed by atoms with Gasteiger partial charge in [0.25, 0.3) is 0 Å². The van der Waals surface area contributed by atoms with E-state index in [4.69, 9.17) is 4.74 Å². The summed E-state index contributed by atoms with van der Waals surface area (Å²) in [5, 5.41) is 0. The SMILES string of the molecule is CCCCN(C)Cc1cccn1-c1ccc(OC)nc1. The van der Waals surface area contributed by atoms with Crippen molar-refractivity contribution in [1.29, 1.82) is 0 Å². The van der Waals surface area contributed by atoms with Gasteiger partial charge < -0.3 is 14.2 Å². The highest BCUT2D eigenvalue weighted by Crippen LogP contribution is 2.16. The fraction of sp³-hybridized carbons (Fsp3) is 0.438. The van der Waals surface area contributed by atoms with Gasteiger partial charge in [0, 0.05) is 24.5 Å². The number of hydrogen-bond acceptors (Lipinski definition) is 3. The van der Waals surface area contributed by atoms with Crippen LogP contribution >= 0.6 is 0 Å². The van der Waals surface area contributed by atoms with Gasteiger partial charge in [0.05, 0.1) is 19.0 Å². The summed E-state index contributed by atoms with van der Waals surface area (Å²) in [6.07, 6.45) is 6.38. The predicted molar refractivity (Wildman–Crippen MR) is 81.4 cm³/mol. The molecule has 0 spiro atoms. The van der Waals surface area contributed by atoms with Crippen molar-refractivity contribution in [2.75, 3.05) is 20.7 Å². The highest BCUT2D eigenvalue weighted by Gasteiger charge is 2.07. The van der Waals surface area contributed by atoms with E-state index in [1.54, 1.807) is 7.11 Å². The molecule has 0 N–H and O–H groups in total. The number of nitrogens with zero attached hydrogens (tertiary/aromatic N) is 3. The Labute approximate surface area is 121 Å². The molecule has 2 aromatic heterocycles. The summed E-state index contributed by atoms with van der Waals surface area (Å²) in [6, 6.07) is 8.15. The van der Waals surface area contributed by atoms with E-state index in [1.807, 2.05) is 18.3 Å². The quantitative estimate of drug-likeness (QED) is 0.776. The van der Waals surface area contributed by atoms with Crippen LogP contribution in [0.2, 0.25) is 0 Å². The summed E-state index contributed by atoms with van der Waals surface area (Å²) in [5.41, 5.74) is 2.34. The third-order valence-corrected chi connectivity index (χ3v) is 3.37. The highest BCUT2D eigenvalue weighted by atomic mass is 16.5. The molecule has 0 radical (unpaired) electrons. The van der Waals surface area contributed by atoms with Crippen LogP contribution in [0.15, 0.2) is 36.7 Å². The van der Waals surface area contributed by atoms with E-state index in [2.05, 4.69) is 46.8 Å². The number of methoxy groups -OCH3 is 1. The van der Waals surface area contributed by atoms with Gasteiger partial charge in [-0.25, -0.2) is 4.98 Å². The molecule has 0 unspecified atom stereocenters. The molecule has 0 aliphatic carbocycles. The maximum Gasteiger partial charge on any atom is 0.213 e. The normalized spacial score (nSPS) is 11.0. The molecule has 0 saturated carbocycles. The Bertz CT molecular complexity index is 519. The molecule has 0 aromatic carbocycles. The molecule has 0 saturated heterocycles. The van der Waals surface area contributed by atoms with Crippen molar-refractivity contribution in [3.05, 3.63) is 42.4 Å². The standard InChI is InChI=1S/C16H23N3O/c1-4-5-10-18(2)13-15-7-6-11-19(15)14-8-9-16(20-3)17-12-14/h6-9,11-12H,4-5,10,13H2,1-3H3. The number of unbranched alkanes of at least 4 members (excludes halogenated alkanes) is 1. The van der Waals surface area contributed by atoms with Gasteiger partial charge in [-0.2, -0.15) is 0 Å². The molecule has 108 valence electrons. The first kappa shape index (κ1) is 14.6. The van der Waals surface area contributed by atoms with Gasteiger partial charge in [0.2, 0.25) is 5.88 Å². The van der Waals surface area contributed by atoms with Crippen LogP contribution in [0.1, 0.15) is 25.5 Å².